The van der Waals surface area contributed by atoms with Gasteiger partial charge >= 0.3 is 0 Å². The lowest BCUT2D eigenvalue weighted by atomic mass is 10.1. The Bertz CT molecular complexity index is 560. The molecular weight excluding hydrogens is 200 g/mol. The topological polar surface area (TPSA) is 38.5 Å². The molecule has 1 aromatic rings. The van der Waals surface area contributed by atoms with Gasteiger partial charge in [-0.25, -0.2) is 0 Å². The van der Waals surface area contributed by atoms with Crippen LogP contribution in [0.1, 0.15) is 0 Å². The molecule has 0 atom stereocenters. The van der Waals surface area contributed by atoms with Gasteiger partial charge in [-0.1, -0.05) is 6.08 Å². The summed E-state index contributed by atoms with van der Waals surface area (Å²) >= 11 is 0. The van der Waals surface area contributed by atoms with Crippen molar-refractivity contribution in [3.05, 3.63) is 34.9 Å². The fourth-order valence-electron chi connectivity index (χ4n) is 2.29. The molecule has 3 rings (SSSR count). The predicted molar refractivity (Wildman–Crippen MR) is 65.7 cm³/mol. The molecule has 3 nitrogen and oxygen atoms in total. The van der Waals surface area contributed by atoms with Crippen LogP contribution in [0.5, 0.6) is 5.75 Å². The van der Waals surface area contributed by atoms with Gasteiger partial charge in [0, 0.05) is 35.8 Å². The van der Waals surface area contributed by atoms with Crippen LogP contribution in [-0.2, 0) is 0 Å². The minimum absolute atomic E-state index is 0.685. The number of ether oxygens (including phenoxy) is 1. The predicted octanol–water partition coefficient (Wildman–Crippen LogP) is -0.0676. The van der Waals surface area contributed by atoms with Crippen molar-refractivity contribution in [1.29, 1.82) is 0 Å². The van der Waals surface area contributed by atoms with Crippen molar-refractivity contribution >= 4 is 17.8 Å². The summed E-state index contributed by atoms with van der Waals surface area (Å²) in [4.78, 5) is 2.29. The minimum atomic E-state index is 0.685. The van der Waals surface area contributed by atoms with Gasteiger partial charge in [0.1, 0.15) is 5.75 Å². The van der Waals surface area contributed by atoms with E-state index >= 15 is 0 Å². The zero-order chi connectivity index (χ0) is 11.0. The van der Waals surface area contributed by atoms with E-state index in [2.05, 4.69) is 23.1 Å². The molecule has 0 fully saturated rings. The molecule has 0 aliphatic carbocycles. The van der Waals surface area contributed by atoms with E-state index in [0.717, 1.165) is 18.8 Å². The van der Waals surface area contributed by atoms with Gasteiger partial charge in [-0.05, 0) is 24.3 Å². The summed E-state index contributed by atoms with van der Waals surface area (Å²) in [6.07, 6.45) is 7.98. The van der Waals surface area contributed by atoms with Crippen LogP contribution < -0.4 is 25.8 Å². The first-order valence-corrected chi connectivity index (χ1v) is 5.52. The van der Waals surface area contributed by atoms with Crippen LogP contribution in [0, 0.1) is 0 Å². The first-order chi connectivity index (χ1) is 7.90. The molecule has 0 saturated heterocycles. The number of hydrogen-bond acceptors (Lipinski definition) is 3. The molecule has 2 heterocycles. The Morgan fingerprint density at radius 1 is 1.31 bits per heavy atom. The number of fused-ring (bicyclic) bond motifs is 3. The lowest BCUT2D eigenvalue weighted by molar-refractivity contribution is 0.474. The van der Waals surface area contributed by atoms with Crippen LogP contribution in [0.4, 0.5) is 5.69 Å². The van der Waals surface area contributed by atoms with E-state index in [-0.39, 0.29) is 0 Å². The largest absolute Gasteiger partial charge is 0.464 e. The maximum Gasteiger partial charge on any atom is 0.134 e. The monoisotopic (exact) mass is 214 g/mol. The van der Waals surface area contributed by atoms with Crippen LogP contribution in [0.2, 0.25) is 0 Å². The highest BCUT2D eigenvalue weighted by molar-refractivity contribution is 5.64. The molecule has 0 saturated carbocycles. The summed E-state index contributed by atoms with van der Waals surface area (Å²) in [6, 6.07) is 4.14. The maximum atomic E-state index is 5.60. The third-order valence-corrected chi connectivity index (χ3v) is 3.02. The molecule has 0 radical (unpaired) electrons. The highest BCUT2D eigenvalue weighted by atomic mass is 16.5. The van der Waals surface area contributed by atoms with Crippen LogP contribution in [0.25, 0.3) is 12.2 Å². The highest BCUT2D eigenvalue weighted by Gasteiger charge is 2.14. The number of anilines is 1. The van der Waals surface area contributed by atoms with Gasteiger partial charge in [0.25, 0.3) is 0 Å². The molecule has 16 heavy (non-hydrogen) atoms. The molecule has 1 aromatic carbocycles. The van der Waals surface area contributed by atoms with Crippen molar-refractivity contribution in [2.45, 2.75) is 0 Å². The van der Waals surface area contributed by atoms with Gasteiger partial charge < -0.3 is 15.4 Å². The zero-order valence-electron chi connectivity index (χ0n) is 9.02. The Balaban J connectivity index is 2.17. The lowest BCUT2D eigenvalue weighted by Crippen LogP contribution is -2.32. The average molecular weight is 214 g/mol. The summed E-state index contributed by atoms with van der Waals surface area (Å²) in [5, 5.41) is 2.45. The fraction of sp³-hybridized carbons (Fsp3) is 0.231. The average Bonchev–Trinajstić information content (AvgIpc) is 2.73. The summed E-state index contributed by atoms with van der Waals surface area (Å²) in [5.41, 5.74) is 6.87. The Hall–Kier alpha value is -1.74. The van der Waals surface area contributed by atoms with E-state index in [1.54, 1.807) is 6.26 Å². The van der Waals surface area contributed by atoms with E-state index in [4.69, 9.17) is 10.5 Å². The molecule has 0 aromatic heterocycles. The third-order valence-electron chi connectivity index (χ3n) is 3.02. The summed E-state index contributed by atoms with van der Waals surface area (Å²) < 4.78 is 5.47. The Morgan fingerprint density at radius 2 is 2.25 bits per heavy atom. The van der Waals surface area contributed by atoms with E-state index < -0.39 is 0 Å². The molecule has 3 heteroatoms. The fourth-order valence-corrected chi connectivity index (χ4v) is 2.29. The second-order valence-corrected chi connectivity index (χ2v) is 3.96. The Morgan fingerprint density at radius 3 is 3.12 bits per heavy atom. The summed E-state index contributed by atoms with van der Waals surface area (Å²) in [6.45, 7) is 2.53. The van der Waals surface area contributed by atoms with Gasteiger partial charge in [0.2, 0.25) is 0 Å². The van der Waals surface area contributed by atoms with Crippen LogP contribution in [-0.4, -0.2) is 19.6 Å². The quantitative estimate of drug-likeness (QED) is 0.749. The molecule has 82 valence electrons. The second-order valence-electron chi connectivity index (χ2n) is 3.96. The number of benzene rings is 1. The molecule has 2 aliphatic heterocycles. The van der Waals surface area contributed by atoms with Crippen molar-refractivity contribution in [3.63, 3.8) is 0 Å². The standard InChI is InChI=1S/C13H14N2O/c14-6-8-15-7-5-10-11-2-1-9-16-13(11)4-3-12(10)15/h1-5,9H,6-8,14H2. The summed E-state index contributed by atoms with van der Waals surface area (Å²) in [7, 11) is 0. The van der Waals surface area contributed by atoms with Crippen molar-refractivity contribution in [3.8, 4) is 5.75 Å². The van der Waals surface area contributed by atoms with Crippen LogP contribution in [0.15, 0.2) is 24.5 Å². The number of nitrogens with two attached hydrogens (primary N) is 1. The molecule has 0 unspecified atom stereocenters. The Kier molecular flexibility index (Phi) is 2.18. The maximum absolute atomic E-state index is 5.60. The van der Waals surface area contributed by atoms with Gasteiger partial charge in [-0.15, -0.1) is 0 Å². The molecule has 2 N–H and O–H groups in total. The second kappa shape index (κ2) is 3.68. The first-order valence-electron chi connectivity index (χ1n) is 5.52. The normalized spacial score (nSPS) is 15.9. The van der Waals surface area contributed by atoms with E-state index in [9.17, 15) is 0 Å². The highest BCUT2D eigenvalue weighted by Crippen LogP contribution is 2.15. The number of hydrogen-bond donors (Lipinski definition) is 1. The van der Waals surface area contributed by atoms with E-state index in [1.165, 1.54) is 16.1 Å². The molecule has 0 spiro atoms. The van der Waals surface area contributed by atoms with Crippen LogP contribution >= 0.6 is 0 Å². The number of allylic oxidation sites excluding steroid dienone is 1. The Labute approximate surface area is 94.1 Å². The zero-order valence-corrected chi connectivity index (χ0v) is 9.02. The van der Waals surface area contributed by atoms with Crippen molar-refractivity contribution in [2.75, 3.05) is 24.5 Å². The molecule has 2 aliphatic rings. The lowest BCUT2D eigenvalue weighted by Gasteiger charge is -2.19. The first kappa shape index (κ1) is 9.48. The number of rotatable bonds is 2. The van der Waals surface area contributed by atoms with Crippen molar-refractivity contribution < 1.29 is 4.74 Å². The molecule has 0 bridgehead atoms. The van der Waals surface area contributed by atoms with Gasteiger partial charge in [0.05, 0.1) is 6.26 Å². The number of nitrogens with zero attached hydrogens (tertiary/aromatic N) is 1. The van der Waals surface area contributed by atoms with Crippen molar-refractivity contribution in [1.82, 2.24) is 0 Å². The van der Waals surface area contributed by atoms with Gasteiger partial charge in [0.15, 0.2) is 0 Å². The van der Waals surface area contributed by atoms with Crippen molar-refractivity contribution in [2.24, 2.45) is 5.73 Å². The third kappa shape index (κ3) is 1.32. The SMILES string of the molecule is NCCN1CC=c2c1ccc1c2=CC=CO1. The van der Waals surface area contributed by atoms with E-state index in [1.807, 2.05) is 12.1 Å². The van der Waals surface area contributed by atoms with Gasteiger partial charge in [-0.2, -0.15) is 0 Å². The minimum Gasteiger partial charge on any atom is -0.464 e. The smallest absolute Gasteiger partial charge is 0.134 e. The molecular formula is C13H14N2O. The summed E-state index contributed by atoms with van der Waals surface area (Å²) in [5.74, 6) is 0.937. The van der Waals surface area contributed by atoms with Gasteiger partial charge in [-0.3, -0.25) is 0 Å². The van der Waals surface area contributed by atoms with E-state index in [0.29, 0.717) is 6.54 Å². The molecule has 0 amide bonds. The van der Waals surface area contributed by atoms with Crippen LogP contribution in [0.3, 0.4) is 0 Å².